The largest absolute Gasteiger partial charge is 0.328 e. The summed E-state index contributed by atoms with van der Waals surface area (Å²) in [7, 11) is -4.38. The molecule has 0 amide bonds. The lowest BCUT2D eigenvalue weighted by molar-refractivity contribution is 0.483. The molecule has 0 aliphatic rings. The quantitative estimate of drug-likeness (QED) is 0.744. The van der Waals surface area contributed by atoms with Gasteiger partial charge in [0.25, 0.3) is 15.7 Å². The predicted octanol–water partition coefficient (Wildman–Crippen LogP) is -0.0436. The van der Waals surface area contributed by atoms with Crippen LogP contribution in [0.2, 0.25) is 0 Å². The highest BCUT2D eigenvalue weighted by atomic mass is 32.2. The summed E-state index contributed by atoms with van der Waals surface area (Å²) in [5.74, 6) is 0. The lowest BCUT2D eigenvalue weighted by atomic mass is 10.2. The van der Waals surface area contributed by atoms with Crippen molar-refractivity contribution in [3.05, 3.63) is 39.0 Å². The van der Waals surface area contributed by atoms with Gasteiger partial charge in [0.15, 0.2) is 0 Å². The second kappa shape index (κ2) is 4.07. The number of nitrogens with zero attached hydrogens (tertiary/aromatic N) is 1. The van der Waals surface area contributed by atoms with Crippen molar-refractivity contribution in [2.75, 3.05) is 0 Å². The van der Waals surface area contributed by atoms with Crippen LogP contribution in [0.3, 0.4) is 0 Å². The SMILES string of the molecule is CCn1c(=O)[nH]c2ccc(S(=O)(=O)O)cc2c1=O. The molecule has 2 aromatic rings. The Morgan fingerprint density at radius 1 is 1.33 bits per heavy atom. The van der Waals surface area contributed by atoms with E-state index in [1.165, 1.54) is 6.07 Å². The fourth-order valence-electron chi connectivity index (χ4n) is 1.68. The molecule has 1 aromatic carbocycles. The standard InChI is InChI=1S/C10H10N2O5S/c1-2-12-9(13)7-5-6(18(15,16)17)3-4-8(7)11-10(12)14/h3-5H,2H2,1H3,(H,11,14)(H,15,16,17). The van der Waals surface area contributed by atoms with Crippen LogP contribution in [0.1, 0.15) is 6.92 Å². The van der Waals surface area contributed by atoms with Crippen molar-refractivity contribution in [2.45, 2.75) is 18.4 Å². The molecule has 7 nitrogen and oxygen atoms in total. The maximum absolute atomic E-state index is 11.9. The number of aromatic nitrogens is 2. The Bertz CT molecular complexity index is 831. The van der Waals surface area contributed by atoms with E-state index < -0.39 is 21.4 Å². The lowest BCUT2D eigenvalue weighted by Gasteiger charge is -2.04. The van der Waals surface area contributed by atoms with Gasteiger partial charge in [0.2, 0.25) is 0 Å². The van der Waals surface area contributed by atoms with E-state index in [1.807, 2.05) is 0 Å². The van der Waals surface area contributed by atoms with E-state index >= 15 is 0 Å². The number of hydrogen-bond acceptors (Lipinski definition) is 4. The molecule has 0 spiro atoms. The maximum Gasteiger partial charge on any atom is 0.328 e. The minimum absolute atomic E-state index is 0.0339. The average molecular weight is 270 g/mol. The molecule has 0 aliphatic carbocycles. The third-order valence-corrected chi connectivity index (χ3v) is 3.42. The summed E-state index contributed by atoms with van der Waals surface area (Å²) < 4.78 is 31.8. The molecule has 1 heterocycles. The predicted molar refractivity (Wildman–Crippen MR) is 64.3 cm³/mol. The molecule has 2 N–H and O–H groups in total. The highest BCUT2D eigenvalue weighted by molar-refractivity contribution is 7.85. The molecule has 0 radical (unpaired) electrons. The highest BCUT2D eigenvalue weighted by Crippen LogP contribution is 2.13. The van der Waals surface area contributed by atoms with Crippen LogP contribution >= 0.6 is 0 Å². The number of fused-ring (bicyclic) bond motifs is 1. The van der Waals surface area contributed by atoms with Crippen molar-refractivity contribution in [3.8, 4) is 0 Å². The molecule has 96 valence electrons. The summed E-state index contributed by atoms with van der Waals surface area (Å²) in [6.07, 6.45) is 0. The zero-order valence-electron chi connectivity index (χ0n) is 9.37. The topological polar surface area (TPSA) is 109 Å². The third-order valence-electron chi connectivity index (χ3n) is 2.57. The first-order valence-electron chi connectivity index (χ1n) is 5.09. The molecule has 0 saturated carbocycles. The van der Waals surface area contributed by atoms with Gasteiger partial charge in [0.05, 0.1) is 15.8 Å². The van der Waals surface area contributed by atoms with Crippen LogP contribution < -0.4 is 11.2 Å². The van der Waals surface area contributed by atoms with E-state index in [1.54, 1.807) is 6.92 Å². The van der Waals surface area contributed by atoms with E-state index in [0.717, 1.165) is 16.7 Å². The summed E-state index contributed by atoms with van der Waals surface area (Å²) in [4.78, 5) is 25.5. The molecule has 8 heteroatoms. The lowest BCUT2D eigenvalue weighted by Crippen LogP contribution is -2.34. The maximum atomic E-state index is 11.9. The Hall–Kier alpha value is -1.93. The van der Waals surface area contributed by atoms with Crippen molar-refractivity contribution in [2.24, 2.45) is 0 Å². The fourth-order valence-corrected chi connectivity index (χ4v) is 2.18. The molecule has 0 aliphatic heterocycles. The third kappa shape index (κ3) is 1.95. The van der Waals surface area contributed by atoms with Crippen LogP contribution in [-0.2, 0) is 16.7 Å². The van der Waals surface area contributed by atoms with Gasteiger partial charge in [0, 0.05) is 6.54 Å². The minimum Gasteiger partial charge on any atom is -0.307 e. The van der Waals surface area contributed by atoms with Crippen molar-refractivity contribution in [1.29, 1.82) is 0 Å². The van der Waals surface area contributed by atoms with Gasteiger partial charge in [-0.25, -0.2) is 4.79 Å². The zero-order chi connectivity index (χ0) is 13.5. The molecular weight excluding hydrogens is 260 g/mol. The van der Waals surface area contributed by atoms with Crippen molar-refractivity contribution < 1.29 is 13.0 Å². The normalized spacial score (nSPS) is 11.9. The number of rotatable bonds is 2. The van der Waals surface area contributed by atoms with Gasteiger partial charge in [0.1, 0.15) is 0 Å². The summed E-state index contributed by atoms with van der Waals surface area (Å²) >= 11 is 0. The Balaban J connectivity index is 2.94. The monoisotopic (exact) mass is 270 g/mol. The van der Waals surface area contributed by atoms with Gasteiger partial charge < -0.3 is 4.98 Å². The smallest absolute Gasteiger partial charge is 0.307 e. The molecule has 2 rings (SSSR count). The van der Waals surface area contributed by atoms with Gasteiger partial charge in [-0.1, -0.05) is 0 Å². The first-order chi connectivity index (χ1) is 8.34. The Morgan fingerprint density at radius 2 is 2.00 bits per heavy atom. The van der Waals surface area contributed by atoms with Gasteiger partial charge in [-0.05, 0) is 25.1 Å². The summed E-state index contributed by atoms with van der Waals surface area (Å²) in [5.41, 5.74) is -0.932. The average Bonchev–Trinajstić information content (AvgIpc) is 2.27. The molecule has 18 heavy (non-hydrogen) atoms. The van der Waals surface area contributed by atoms with Gasteiger partial charge in [-0.3, -0.25) is 13.9 Å². The van der Waals surface area contributed by atoms with E-state index in [9.17, 15) is 18.0 Å². The van der Waals surface area contributed by atoms with E-state index in [4.69, 9.17) is 4.55 Å². The summed E-state index contributed by atoms with van der Waals surface area (Å²) in [5, 5.41) is 0.0339. The number of nitrogens with one attached hydrogen (secondary N) is 1. The second-order valence-corrected chi connectivity index (χ2v) is 5.08. The van der Waals surface area contributed by atoms with Gasteiger partial charge in [-0.15, -0.1) is 0 Å². The van der Waals surface area contributed by atoms with E-state index in [0.29, 0.717) is 0 Å². The van der Waals surface area contributed by atoms with Crippen LogP contribution in [0.4, 0.5) is 0 Å². The molecule has 1 aromatic heterocycles. The van der Waals surface area contributed by atoms with Gasteiger partial charge >= 0.3 is 5.69 Å². The van der Waals surface area contributed by atoms with Crippen molar-refractivity contribution in [1.82, 2.24) is 9.55 Å². The molecule has 0 fully saturated rings. The molecular formula is C10H10N2O5S. The van der Waals surface area contributed by atoms with Crippen molar-refractivity contribution in [3.63, 3.8) is 0 Å². The first kappa shape index (κ1) is 12.5. The van der Waals surface area contributed by atoms with Gasteiger partial charge in [-0.2, -0.15) is 8.42 Å². The molecule has 0 atom stereocenters. The van der Waals surface area contributed by atoms with Crippen LogP contribution in [0, 0.1) is 0 Å². The molecule has 0 unspecified atom stereocenters. The zero-order valence-corrected chi connectivity index (χ0v) is 10.2. The fraction of sp³-hybridized carbons (Fsp3) is 0.200. The molecule has 0 bridgehead atoms. The highest BCUT2D eigenvalue weighted by Gasteiger charge is 2.13. The number of aromatic amines is 1. The van der Waals surface area contributed by atoms with Crippen LogP contribution in [0.25, 0.3) is 10.9 Å². The number of benzene rings is 1. The van der Waals surface area contributed by atoms with Crippen LogP contribution in [-0.4, -0.2) is 22.5 Å². The Morgan fingerprint density at radius 3 is 2.56 bits per heavy atom. The molecule has 0 saturated heterocycles. The number of hydrogen-bond donors (Lipinski definition) is 2. The number of H-pyrrole nitrogens is 1. The summed E-state index contributed by atoms with van der Waals surface area (Å²) in [6.45, 7) is 1.79. The first-order valence-corrected chi connectivity index (χ1v) is 6.53. The Kier molecular flexibility index (Phi) is 2.83. The Labute approximate surface area is 101 Å². The van der Waals surface area contributed by atoms with E-state index in [-0.39, 0.29) is 22.3 Å². The van der Waals surface area contributed by atoms with Crippen molar-refractivity contribution >= 4 is 21.0 Å². The second-order valence-electron chi connectivity index (χ2n) is 3.66. The van der Waals surface area contributed by atoms with Crippen LogP contribution in [0.5, 0.6) is 0 Å². The van der Waals surface area contributed by atoms with Crippen LogP contribution in [0.15, 0.2) is 32.7 Å². The van der Waals surface area contributed by atoms with E-state index in [2.05, 4.69) is 4.98 Å². The minimum atomic E-state index is -4.38. The summed E-state index contributed by atoms with van der Waals surface area (Å²) in [6, 6.07) is 3.42.